The molecule has 8 nitrogen and oxygen atoms in total. The number of carbonyl (C=O) groups excluding carboxylic acids is 2. The van der Waals surface area contributed by atoms with E-state index in [2.05, 4.69) is 22.2 Å². The standard InChI is InChI=1S/C20H33N5O3/c1-3-4-7-21-19(26)6-10-25(9-5-8-24-11-13-28-14-12-24)20(27)18-16-22-17(2)15-23-18/h15-16H,3-14H2,1-2H3,(H,21,26)/p+1. The SMILES string of the molecule is CCCCNC(=O)CCN(CCC[NH+]1CCOCC1)C(=O)c1cnc(C)cn1. The summed E-state index contributed by atoms with van der Waals surface area (Å²) in [5, 5.41) is 2.91. The molecule has 156 valence electrons. The van der Waals surface area contributed by atoms with Gasteiger partial charge in [-0.3, -0.25) is 14.6 Å². The Morgan fingerprint density at radius 2 is 1.96 bits per heavy atom. The Morgan fingerprint density at radius 1 is 1.18 bits per heavy atom. The maximum absolute atomic E-state index is 12.9. The molecule has 1 aromatic heterocycles. The lowest BCUT2D eigenvalue weighted by Gasteiger charge is -2.26. The van der Waals surface area contributed by atoms with Crippen LogP contribution >= 0.6 is 0 Å². The van der Waals surface area contributed by atoms with Crippen molar-refractivity contribution in [1.82, 2.24) is 20.2 Å². The summed E-state index contributed by atoms with van der Waals surface area (Å²) in [6, 6.07) is 0. The summed E-state index contributed by atoms with van der Waals surface area (Å²) in [6.07, 6.45) is 6.31. The fraction of sp³-hybridized carbons (Fsp3) is 0.700. The first-order chi connectivity index (χ1) is 13.6. The highest BCUT2D eigenvalue weighted by Crippen LogP contribution is 2.04. The average Bonchev–Trinajstić information content (AvgIpc) is 2.71. The largest absolute Gasteiger partial charge is 0.370 e. The summed E-state index contributed by atoms with van der Waals surface area (Å²) in [6.45, 7) is 10.2. The van der Waals surface area contributed by atoms with Crippen LogP contribution in [0.4, 0.5) is 0 Å². The maximum atomic E-state index is 12.9. The molecule has 1 aliphatic heterocycles. The van der Waals surface area contributed by atoms with E-state index in [0.717, 1.165) is 57.8 Å². The van der Waals surface area contributed by atoms with Crippen LogP contribution in [0.5, 0.6) is 0 Å². The van der Waals surface area contributed by atoms with Crippen LogP contribution in [0.1, 0.15) is 48.8 Å². The summed E-state index contributed by atoms with van der Waals surface area (Å²) < 4.78 is 5.39. The number of hydrogen-bond donors (Lipinski definition) is 2. The number of aromatic nitrogens is 2. The number of ether oxygens (including phenoxy) is 1. The minimum Gasteiger partial charge on any atom is -0.370 e. The fourth-order valence-electron chi connectivity index (χ4n) is 3.14. The number of morpholine rings is 1. The van der Waals surface area contributed by atoms with E-state index in [1.165, 1.54) is 11.1 Å². The third-order valence-corrected chi connectivity index (χ3v) is 4.91. The van der Waals surface area contributed by atoms with Crippen molar-refractivity contribution in [1.29, 1.82) is 0 Å². The highest BCUT2D eigenvalue weighted by molar-refractivity contribution is 5.92. The molecule has 1 aromatic rings. The number of aryl methyl sites for hydroxylation is 1. The van der Waals surface area contributed by atoms with Gasteiger partial charge >= 0.3 is 0 Å². The highest BCUT2D eigenvalue weighted by atomic mass is 16.5. The molecule has 2 amide bonds. The van der Waals surface area contributed by atoms with Gasteiger partial charge < -0.3 is 19.9 Å². The Bertz CT molecular complexity index is 602. The number of nitrogens with one attached hydrogen (secondary N) is 2. The van der Waals surface area contributed by atoms with E-state index >= 15 is 0 Å². The van der Waals surface area contributed by atoms with Gasteiger partial charge in [-0.15, -0.1) is 0 Å². The van der Waals surface area contributed by atoms with E-state index < -0.39 is 0 Å². The predicted molar refractivity (Wildman–Crippen MR) is 106 cm³/mol. The summed E-state index contributed by atoms with van der Waals surface area (Å²) in [5.41, 5.74) is 1.10. The Kier molecular flexibility index (Phi) is 9.85. The number of amides is 2. The molecule has 0 radical (unpaired) electrons. The third kappa shape index (κ3) is 7.90. The van der Waals surface area contributed by atoms with Gasteiger partial charge in [0.25, 0.3) is 5.91 Å². The summed E-state index contributed by atoms with van der Waals surface area (Å²) in [4.78, 5) is 36.6. The number of carbonyl (C=O) groups is 2. The number of unbranched alkanes of at least 4 members (excludes halogenated alkanes) is 1. The van der Waals surface area contributed by atoms with Crippen molar-refractivity contribution in [3.8, 4) is 0 Å². The van der Waals surface area contributed by atoms with E-state index in [-0.39, 0.29) is 11.8 Å². The van der Waals surface area contributed by atoms with Crippen molar-refractivity contribution in [2.24, 2.45) is 0 Å². The van der Waals surface area contributed by atoms with E-state index in [9.17, 15) is 9.59 Å². The molecule has 0 bridgehead atoms. The van der Waals surface area contributed by atoms with Crippen LogP contribution in [0.2, 0.25) is 0 Å². The van der Waals surface area contributed by atoms with Crippen LogP contribution in [0, 0.1) is 6.92 Å². The van der Waals surface area contributed by atoms with Crippen LogP contribution in [0.15, 0.2) is 12.4 Å². The van der Waals surface area contributed by atoms with Gasteiger partial charge in [-0.1, -0.05) is 13.3 Å². The molecular formula is C20H34N5O3+. The van der Waals surface area contributed by atoms with Crippen LogP contribution in [-0.4, -0.2) is 79.2 Å². The van der Waals surface area contributed by atoms with Crippen molar-refractivity contribution in [3.63, 3.8) is 0 Å². The first-order valence-corrected chi connectivity index (χ1v) is 10.4. The summed E-state index contributed by atoms with van der Waals surface area (Å²) in [5.74, 6) is -0.175. The first kappa shape index (κ1) is 22.2. The second-order valence-electron chi connectivity index (χ2n) is 7.25. The van der Waals surface area contributed by atoms with Crippen LogP contribution in [0.25, 0.3) is 0 Å². The molecule has 0 aliphatic carbocycles. The molecule has 0 unspecified atom stereocenters. The number of quaternary nitrogens is 1. The topological polar surface area (TPSA) is 88.9 Å². The predicted octanol–water partition coefficient (Wildman–Crippen LogP) is -0.161. The van der Waals surface area contributed by atoms with Crippen LogP contribution in [0.3, 0.4) is 0 Å². The van der Waals surface area contributed by atoms with E-state index in [4.69, 9.17) is 4.74 Å². The van der Waals surface area contributed by atoms with Gasteiger partial charge in [0.1, 0.15) is 18.8 Å². The lowest BCUT2D eigenvalue weighted by molar-refractivity contribution is -0.908. The summed E-state index contributed by atoms with van der Waals surface area (Å²) >= 11 is 0. The highest BCUT2D eigenvalue weighted by Gasteiger charge is 2.20. The van der Waals surface area contributed by atoms with Crippen molar-refractivity contribution in [2.75, 3.05) is 52.5 Å². The van der Waals surface area contributed by atoms with Crippen molar-refractivity contribution >= 4 is 11.8 Å². The molecule has 2 heterocycles. The van der Waals surface area contributed by atoms with Gasteiger partial charge in [-0.25, -0.2) is 4.98 Å². The summed E-state index contributed by atoms with van der Waals surface area (Å²) in [7, 11) is 0. The molecule has 2 rings (SSSR count). The average molecular weight is 393 g/mol. The van der Waals surface area contributed by atoms with E-state index in [1.54, 1.807) is 11.1 Å². The molecule has 1 saturated heterocycles. The van der Waals surface area contributed by atoms with Crippen molar-refractivity contribution < 1.29 is 19.2 Å². The molecule has 8 heteroatoms. The lowest BCUT2D eigenvalue weighted by atomic mass is 10.2. The minimum atomic E-state index is -0.161. The van der Waals surface area contributed by atoms with Crippen molar-refractivity contribution in [3.05, 3.63) is 23.8 Å². The Labute approximate surface area is 167 Å². The van der Waals surface area contributed by atoms with Gasteiger partial charge in [0.05, 0.1) is 31.6 Å². The molecule has 0 saturated carbocycles. The number of hydrogen-bond acceptors (Lipinski definition) is 5. The molecule has 0 spiro atoms. The maximum Gasteiger partial charge on any atom is 0.274 e. The Balaban J connectivity index is 1.88. The van der Waals surface area contributed by atoms with Crippen LogP contribution in [-0.2, 0) is 9.53 Å². The monoisotopic (exact) mass is 392 g/mol. The lowest BCUT2D eigenvalue weighted by Crippen LogP contribution is -3.14. The zero-order chi connectivity index (χ0) is 20.2. The van der Waals surface area contributed by atoms with E-state index in [0.29, 0.717) is 31.7 Å². The molecule has 0 aromatic carbocycles. The molecule has 0 atom stereocenters. The molecular weight excluding hydrogens is 358 g/mol. The zero-order valence-electron chi connectivity index (χ0n) is 17.2. The van der Waals surface area contributed by atoms with Gasteiger partial charge in [0.15, 0.2) is 0 Å². The van der Waals surface area contributed by atoms with Crippen molar-refractivity contribution in [2.45, 2.75) is 39.5 Å². The minimum absolute atomic E-state index is 0.0138. The fourth-order valence-corrected chi connectivity index (χ4v) is 3.14. The molecule has 1 fully saturated rings. The smallest absolute Gasteiger partial charge is 0.274 e. The Morgan fingerprint density at radius 3 is 2.64 bits per heavy atom. The van der Waals surface area contributed by atoms with Gasteiger partial charge in [0, 0.05) is 38.7 Å². The first-order valence-electron chi connectivity index (χ1n) is 10.4. The quantitative estimate of drug-likeness (QED) is 0.511. The zero-order valence-corrected chi connectivity index (χ0v) is 17.2. The molecule has 28 heavy (non-hydrogen) atoms. The number of rotatable bonds is 11. The van der Waals surface area contributed by atoms with Gasteiger partial charge in [0.2, 0.25) is 5.91 Å². The Hall–Kier alpha value is -2.06. The third-order valence-electron chi connectivity index (χ3n) is 4.91. The van der Waals surface area contributed by atoms with Gasteiger partial charge in [-0.05, 0) is 13.3 Å². The second-order valence-corrected chi connectivity index (χ2v) is 7.25. The number of nitrogens with zero attached hydrogens (tertiary/aromatic N) is 3. The molecule has 1 aliphatic rings. The van der Waals surface area contributed by atoms with Gasteiger partial charge in [-0.2, -0.15) is 0 Å². The van der Waals surface area contributed by atoms with E-state index in [1.807, 2.05) is 6.92 Å². The molecule has 2 N–H and O–H groups in total. The van der Waals surface area contributed by atoms with Crippen LogP contribution < -0.4 is 10.2 Å². The second kappa shape index (κ2) is 12.4. The normalized spacial score (nSPS) is 14.6.